The Morgan fingerprint density at radius 3 is 2.63 bits per heavy atom. The molecular weight excluding hydrogens is 262 g/mol. The van der Waals surface area contributed by atoms with Gasteiger partial charge in [0.2, 0.25) is 0 Å². The van der Waals surface area contributed by atoms with Crippen LogP contribution in [0.5, 0.6) is 0 Å². The largest absolute Gasteiger partial charge is 0.288 e. The maximum atomic E-state index is 10.9. The second-order valence-electron chi connectivity index (χ2n) is 4.28. The average molecular weight is 279 g/mol. The predicted octanol–water partition coefficient (Wildman–Crippen LogP) is 3.89. The summed E-state index contributed by atoms with van der Waals surface area (Å²) >= 11 is 1.28. The van der Waals surface area contributed by atoms with Crippen LogP contribution >= 0.6 is 11.8 Å². The van der Waals surface area contributed by atoms with Crippen LogP contribution in [-0.4, -0.2) is 15.8 Å². The molecule has 0 saturated heterocycles. The lowest BCUT2D eigenvalue weighted by Crippen LogP contribution is -1.94. The fraction of sp³-hybridized carbons (Fsp3) is 0.357. The maximum absolute atomic E-state index is 10.9. The van der Waals surface area contributed by atoms with E-state index in [4.69, 9.17) is 0 Å². The molecule has 5 heteroatoms. The summed E-state index contributed by atoms with van der Waals surface area (Å²) in [7, 11) is 0. The van der Waals surface area contributed by atoms with Gasteiger partial charge in [-0.1, -0.05) is 23.9 Å². The molecule has 0 amide bonds. The Bertz CT molecular complexity index is 524. The van der Waals surface area contributed by atoms with E-state index in [-0.39, 0.29) is 15.7 Å². The lowest BCUT2D eigenvalue weighted by atomic mass is 10.0. The van der Waals surface area contributed by atoms with Crippen LogP contribution < -0.4 is 0 Å². The fourth-order valence-corrected chi connectivity index (χ4v) is 2.26. The molecule has 0 saturated carbocycles. The first-order chi connectivity index (χ1) is 8.91. The molecule has 0 aliphatic carbocycles. The maximum Gasteiger partial charge on any atom is 0.272 e. The Morgan fingerprint density at radius 1 is 1.37 bits per heavy atom. The van der Waals surface area contributed by atoms with E-state index >= 15 is 0 Å². The number of benzene rings is 1. The van der Waals surface area contributed by atoms with E-state index in [0.717, 1.165) is 23.3 Å². The van der Waals surface area contributed by atoms with Crippen LogP contribution in [0.25, 0.3) is 6.08 Å². The predicted molar refractivity (Wildman–Crippen MR) is 79.4 cm³/mol. The minimum atomic E-state index is -0.363. The number of allylic oxidation sites excluding steroid dienone is 1. The molecule has 0 aliphatic rings. The zero-order valence-corrected chi connectivity index (χ0v) is 12.1. The highest BCUT2D eigenvalue weighted by Crippen LogP contribution is 2.23. The molecule has 1 aromatic rings. The van der Waals surface area contributed by atoms with Crippen molar-refractivity contribution in [2.45, 2.75) is 27.2 Å². The molecule has 102 valence electrons. The highest BCUT2D eigenvalue weighted by atomic mass is 32.2. The van der Waals surface area contributed by atoms with Crippen molar-refractivity contribution < 1.29 is 9.72 Å². The highest BCUT2D eigenvalue weighted by Gasteiger charge is 2.11. The molecule has 0 heterocycles. The monoisotopic (exact) mass is 279 g/mol. The van der Waals surface area contributed by atoms with Gasteiger partial charge < -0.3 is 0 Å². The SMILES string of the molecule is CC(=O)SCCC=Cc1cc([N+](=O)[O-])c(C)cc1C. The van der Waals surface area contributed by atoms with Gasteiger partial charge in [0.1, 0.15) is 0 Å². The smallest absolute Gasteiger partial charge is 0.272 e. The van der Waals surface area contributed by atoms with Crippen molar-refractivity contribution in [1.29, 1.82) is 0 Å². The number of nitro benzene ring substituents is 1. The van der Waals surface area contributed by atoms with Crippen LogP contribution in [0.15, 0.2) is 18.2 Å². The topological polar surface area (TPSA) is 60.2 Å². The van der Waals surface area contributed by atoms with Gasteiger partial charge in [-0.15, -0.1) is 0 Å². The number of carbonyl (C=O) groups is 1. The summed E-state index contributed by atoms with van der Waals surface area (Å²) in [6, 6.07) is 3.42. The first-order valence-corrected chi connectivity index (χ1v) is 6.96. The Labute approximate surface area is 117 Å². The van der Waals surface area contributed by atoms with Crippen molar-refractivity contribution in [2.24, 2.45) is 0 Å². The molecule has 0 aromatic heterocycles. The molecule has 0 bridgehead atoms. The minimum absolute atomic E-state index is 0.107. The van der Waals surface area contributed by atoms with Crippen LogP contribution in [-0.2, 0) is 4.79 Å². The number of carbonyl (C=O) groups excluding carboxylic acids is 1. The minimum Gasteiger partial charge on any atom is -0.288 e. The molecule has 19 heavy (non-hydrogen) atoms. The van der Waals surface area contributed by atoms with Crippen molar-refractivity contribution in [2.75, 3.05) is 5.75 Å². The summed E-state index contributed by atoms with van der Waals surface area (Å²) in [4.78, 5) is 21.3. The van der Waals surface area contributed by atoms with Gasteiger partial charge in [0.05, 0.1) is 4.92 Å². The van der Waals surface area contributed by atoms with Gasteiger partial charge in [0.15, 0.2) is 5.12 Å². The summed E-state index contributed by atoms with van der Waals surface area (Å²) < 4.78 is 0. The van der Waals surface area contributed by atoms with Crippen molar-refractivity contribution in [3.05, 3.63) is 45.0 Å². The summed E-state index contributed by atoms with van der Waals surface area (Å²) in [5, 5.41) is 11.0. The number of nitrogens with zero attached hydrogens (tertiary/aromatic N) is 1. The van der Waals surface area contributed by atoms with E-state index in [1.54, 1.807) is 19.9 Å². The molecule has 0 unspecified atom stereocenters. The molecule has 0 N–H and O–H groups in total. The van der Waals surface area contributed by atoms with Crippen LogP contribution in [0.2, 0.25) is 0 Å². The number of thioether (sulfide) groups is 1. The van der Waals surface area contributed by atoms with Crippen LogP contribution in [0.4, 0.5) is 5.69 Å². The lowest BCUT2D eigenvalue weighted by molar-refractivity contribution is -0.385. The summed E-state index contributed by atoms with van der Waals surface area (Å²) in [6.45, 7) is 5.21. The zero-order valence-electron chi connectivity index (χ0n) is 11.3. The van der Waals surface area contributed by atoms with Gasteiger partial charge in [-0.3, -0.25) is 14.9 Å². The molecule has 0 spiro atoms. The molecule has 0 atom stereocenters. The fourth-order valence-electron chi connectivity index (χ4n) is 1.71. The Kier molecular flexibility index (Phi) is 5.76. The number of rotatable bonds is 5. The Morgan fingerprint density at radius 2 is 2.05 bits per heavy atom. The van der Waals surface area contributed by atoms with Gasteiger partial charge in [-0.2, -0.15) is 0 Å². The second kappa shape index (κ2) is 7.09. The summed E-state index contributed by atoms with van der Waals surface area (Å²) in [6.07, 6.45) is 4.59. The van der Waals surface area contributed by atoms with Crippen molar-refractivity contribution in [3.63, 3.8) is 0 Å². The normalized spacial score (nSPS) is 10.9. The summed E-state index contributed by atoms with van der Waals surface area (Å²) in [5.41, 5.74) is 2.68. The molecule has 1 rings (SSSR count). The van der Waals surface area contributed by atoms with Crippen LogP contribution in [0.3, 0.4) is 0 Å². The van der Waals surface area contributed by atoms with E-state index < -0.39 is 0 Å². The number of nitro groups is 1. The standard InChI is InChI=1S/C14H17NO3S/c1-10-8-11(2)14(15(17)18)9-13(10)6-4-5-7-19-12(3)16/h4,6,8-9H,5,7H2,1-3H3. The molecule has 0 radical (unpaired) electrons. The molecule has 4 nitrogen and oxygen atoms in total. The highest BCUT2D eigenvalue weighted by molar-refractivity contribution is 8.13. The average Bonchev–Trinajstić information content (AvgIpc) is 2.30. The third-order valence-corrected chi connectivity index (χ3v) is 3.51. The van der Waals surface area contributed by atoms with Crippen molar-refractivity contribution in [3.8, 4) is 0 Å². The zero-order chi connectivity index (χ0) is 14.4. The van der Waals surface area contributed by atoms with Gasteiger partial charge in [-0.05, 0) is 37.5 Å². The Hall–Kier alpha value is -1.62. The quantitative estimate of drug-likeness (QED) is 0.466. The first-order valence-electron chi connectivity index (χ1n) is 5.97. The van der Waals surface area contributed by atoms with Gasteiger partial charge in [-0.25, -0.2) is 0 Å². The van der Waals surface area contributed by atoms with Gasteiger partial charge >= 0.3 is 0 Å². The summed E-state index contributed by atoms with van der Waals surface area (Å²) in [5.74, 6) is 0.735. The molecular formula is C14H17NO3S. The second-order valence-corrected chi connectivity index (χ2v) is 5.56. The Balaban J connectivity index is 2.77. The van der Waals surface area contributed by atoms with Crippen molar-refractivity contribution >= 4 is 28.6 Å². The van der Waals surface area contributed by atoms with Crippen LogP contribution in [0, 0.1) is 24.0 Å². The van der Waals surface area contributed by atoms with E-state index in [1.165, 1.54) is 11.8 Å². The molecule has 1 aromatic carbocycles. The van der Waals surface area contributed by atoms with E-state index in [9.17, 15) is 14.9 Å². The van der Waals surface area contributed by atoms with Gasteiger partial charge in [0, 0.05) is 24.3 Å². The third-order valence-electron chi connectivity index (χ3n) is 2.67. The number of hydrogen-bond donors (Lipinski definition) is 0. The van der Waals surface area contributed by atoms with Gasteiger partial charge in [0.25, 0.3) is 5.69 Å². The van der Waals surface area contributed by atoms with E-state index in [0.29, 0.717) is 5.56 Å². The van der Waals surface area contributed by atoms with E-state index in [1.807, 2.05) is 25.1 Å². The van der Waals surface area contributed by atoms with Crippen molar-refractivity contribution in [1.82, 2.24) is 0 Å². The molecule has 0 aliphatic heterocycles. The lowest BCUT2D eigenvalue weighted by Gasteiger charge is -2.03. The number of aryl methyl sites for hydroxylation is 2. The van der Waals surface area contributed by atoms with Crippen LogP contribution in [0.1, 0.15) is 30.0 Å². The third kappa shape index (κ3) is 4.87. The number of hydrogen-bond acceptors (Lipinski definition) is 4. The first kappa shape index (κ1) is 15.4. The molecule has 0 fully saturated rings. The van der Waals surface area contributed by atoms with E-state index in [2.05, 4.69) is 0 Å².